The van der Waals surface area contributed by atoms with Crippen LogP contribution >= 0.6 is 0 Å². The van der Waals surface area contributed by atoms with E-state index < -0.39 is 23.6 Å². The van der Waals surface area contributed by atoms with Gasteiger partial charge in [-0.05, 0) is 37.3 Å². The summed E-state index contributed by atoms with van der Waals surface area (Å²) < 4.78 is 18.3. The van der Waals surface area contributed by atoms with Crippen LogP contribution in [0.3, 0.4) is 0 Å². The second-order valence-electron chi connectivity index (χ2n) is 5.03. The van der Waals surface area contributed by atoms with E-state index >= 15 is 0 Å². The third-order valence-corrected chi connectivity index (χ3v) is 3.26. The van der Waals surface area contributed by atoms with Crippen LogP contribution in [-0.2, 0) is 20.9 Å². The van der Waals surface area contributed by atoms with Crippen molar-refractivity contribution in [2.75, 3.05) is 11.9 Å². The summed E-state index contributed by atoms with van der Waals surface area (Å²) >= 11 is 0. The molecule has 2 aromatic carbocycles. The van der Waals surface area contributed by atoms with Gasteiger partial charge in [-0.3, -0.25) is 9.59 Å². The summed E-state index contributed by atoms with van der Waals surface area (Å²) in [6.45, 7) is 1.87. The van der Waals surface area contributed by atoms with Crippen LogP contribution in [0.2, 0.25) is 0 Å². The molecule has 130 valence electrons. The number of anilines is 1. The number of rotatable bonds is 5. The van der Waals surface area contributed by atoms with Crippen LogP contribution < -0.4 is 10.6 Å². The van der Waals surface area contributed by atoms with Crippen LogP contribution in [0.4, 0.5) is 10.1 Å². The molecule has 0 saturated heterocycles. The number of benzene rings is 2. The summed E-state index contributed by atoms with van der Waals surface area (Å²) in [5.41, 5.74) is 0.963. The number of carbonyl (C=O) groups excluding carboxylic acids is 3. The fourth-order valence-electron chi connectivity index (χ4n) is 1.99. The molecule has 0 atom stereocenters. The molecular formula is C18H17FN2O4. The maximum Gasteiger partial charge on any atom is 0.338 e. The molecular weight excluding hydrogens is 327 g/mol. The zero-order chi connectivity index (χ0) is 18.2. The Morgan fingerprint density at radius 3 is 2.32 bits per heavy atom. The molecule has 0 fully saturated rings. The summed E-state index contributed by atoms with van der Waals surface area (Å²) in [6.07, 6.45) is 0. The molecule has 0 aliphatic heterocycles. The Morgan fingerprint density at radius 1 is 1.00 bits per heavy atom. The summed E-state index contributed by atoms with van der Waals surface area (Å²) in [5.74, 6) is -2.71. The number of amides is 2. The van der Waals surface area contributed by atoms with Crippen molar-refractivity contribution in [2.45, 2.75) is 13.5 Å². The standard InChI is InChI=1S/C18H17FN2O4/c1-2-25-18(24)12-7-9-14(10-8-12)21-17(23)16(22)20-11-13-5-3-4-6-15(13)19/h3-10H,2,11H2,1H3,(H,20,22)(H,21,23). The van der Waals surface area contributed by atoms with Crippen molar-refractivity contribution in [2.24, 2.45) is 0 Å². The second kappa shape index (κ2) is 8.58. The van der Waals surface area contributed by atoms with Crippen LogP contribution in [0.5, 0.6) is 0 Å². The van der Waals surface area contributed by atoms with Crippen LogP contribution in [0, 0.1) is 5.82 Å². The molecule has 25 heavy (non-hydrogen) atoms. The molecule has 7 heteroatoms. The monoisotopic (exact) mass is 344 g/mol. The summed E-state index contributed by atoms with van der Waals surface area (Å²) in [4.78, 5) is 35.1. The molecule has 0 heterocycles. The molecule has 0 aliphatic rings. The number of ether oxygens (including phenoxy) is 1. The van der Waals surface area contributed by atoms with Crippen molar-refractivity contribution >= 4 is 23.5 Å². The van der Waals surface area contributed by atoms with Gasteiger partial charge in [-0.25, -0.2) is 9.18 Å². The topological polar surface area (TPSA) is 84.5 Å². The number of halogens is 1. The predicted molar refractivity (Wildman–Crippen MR) is 89.3 cm³/mol. The first-order chi connectivity index (χ1) is 12.0. The molecule has 2 aromatic rings. The van der Waals surface area contributed by atoms with Crippen molar-refractivity contribution in [3.05, 3.63) is 65.5 Å². The smallest absolute Gasteiger partial charge is 0.338 e. The van der Waals surface area contributed by atoms with Crippen molar-refractivity contribution in [3.8, 4) is 0 Å². The van der Waals surface area contributed by atoms with Crippen LogP contribution in [0.25, 0.3) is 0 Å². The zero-order valence-electron chi connectivity index (χ0n) is 13.5. The molecule has 2 N–H and O–H groups in total. The van der Waals surface area contributed by atoms with E-state index in [4.69, 9.17) is 4.74 Å². The van der Waals surface area contributed by atoms with Gasteiger partial charge in [0.15, 0.2) is 0 Å². The Hall–Kier alpha value is -3.22. The molecule has 0 aliphatic carbocycles. The molecule has 0 radical (unpaired) electrons. The van der Waals surface area contributed by atoms with Gasteiger partial charge in [0.1, 0.15) is 5.82 Å². The lowest BCUT2D eigenvalue weighted by Gasteiger charge is -2.08. The van der Waals surface area contributed by atoms with Crippen molar-refractivity contribution in [1.29, 1.82) is 0 Å². The minimum Gasteiger partial charge on any atom is -0.462 e. The number of hydrogen-bond donors (Lipinski definition) is 2. The highest BCUT2D eigenvalue weighted by Crippen LogP contribution is 2.11. The van der Waals surface area contributed by atoms with Gasteiger partial charge >= 0.3 is 17.8 Å². The maximum absolute atomic E-state index is 13.5. The second-order valence-corrected chi connectivity index (χ2v) is 5.03. The largest absolute Gasteiger partial charge is 0.462 e. The van der Waals surface area contributed by atoms with Gasteiger partial charge in [0.25, 0.3) is 0 Å². The first-order valence-corrected chi connectivity index (χ1v) is 7.61. The third kappa shape index (κ3) is 5.13. The molecule has 0 saturated carbocycles. The Labute approximate surface area is 144 Å². The lowest BCUT2D eigenvalue weighted by molar-refractivity contribution is -0.136. The average molecular weight is 344 g/mol. The van der Waals surface area contributed by atoms with E-state index in [0.717, 1.165) is 0 Å². The highest BCUT2D eigenvalue weighted by atomic mass is 19.1. The summed E-state index contributed by atoms with van der Waals surface area (Å²) in [5, 5.41) is 4.73. The SMILES string of the molecule is CCOC(=O)c1ccc(NC(=O)C(=O)NCc2ccccc2F)cc1. The van der Waals surface area contributed by atoms with Gasteiger partial charge in [-0.2, -0.15) is 0 Å². The number of esters is 1. The molecule has 0 bridgehead atoms. The van der Waals surface area contributed by atoms with E-state index in [0.29, 0.717) is 11.3 Å². The van der Waals surface area contributed by atoms with E-state index in [2.05, 4.69) is 10.6 Å². The van der Waals surface area contributed by atoms with Gasteiger partial charge in [0.2, 0.25) is 0 Å². The Kier molecular flexibility index (Phi) is 6.22. The van der Waals surface area contributed by atoms with E-state index in [1.165, 1.54) is 42.5 Å². The van der Waals surface area contributed by atoms with Crippen molar-refractivity contribution in [3.63, 3.8) is 0 Å². The van der Waals surface area contributed by atoms with Crippen LogP contribution in [0.15, 0.2) is 48.5 Å². The lowest BCUT2D eigenvalue weighted by Crippen LogP contribution is -2.35. The highest BCUT2D eigenvalue weighted by Gasteiger charge is 2.14. The van der Waals surface area contributed by atoms with Crippen LogP contribution in [-0.4, -0.2) is 24.4 Å². The normalized spacial score (nSPS) is 10.0. The Balaban J connectivity index is 1.89. The number of hydrogen-bond acceptors (Lipinski definition) is 4. The summed E-state index contributed by atoms with van der Waals surface area (Å²) in [6, 6.07) is 11.9. The van der Waals surface area contributed by atoms with Gasteiger partial charge in [-0.15, -0.1) is 0 Å². The third-order valence-electron chi connectivity index (χ3n) is 3.26. The first kappa shape index (κ1) is 18.1. The van der Waals surface area contributed by atoms with Crippen LogP contribution in [0.1, 0.15) is 22.8 Å². The molecule has 2 amide bonds. The molecule has 0 spiro atoms. The molecule has 2 rings (SSSR count). The Morgan fingerprint density at radius 2 is 1.68 bits per heavy atom. The van der Waals surface area contributed by atoms with E-state index in [9.17, 15) is 18.8 Å². The minimum absolute atomic E-state index is 0.0965. The molecule has 6 nitrogen and oxygen atoms in total. The predicted octanol–water partition coefficient (Wildman–Crippen LogP) is 2.26. The average Bonchev–Trinajstić information content (AvgIpc) is 2.61. The lowest BCUT2D eigenvalue weighted by atomic mass is 10.2. The quantitative estimate of drug-likeness (QED) is 0.644. The highest BCUT2D eigenvalue weighted by molar-refractivity contribution is 6.39. The number of nitrogens with one attached hydrogen (secondary N) is 2. The molecule has 0 unspecified atom stereocenters. The fraction of sp³-hybridized carbons (Fsp3) is 0.167. The number of carbonyl (C=O) groups is 3. The Bertz CT molecular complexity index is 775. The van der Waals surface area contributed by atoms with Gasteiger partial charge in [0, 0.05) is 17.8 Å². The zero-order valence-corrected chi connectivity index (χ0v) is 13.5. The van der Waals surface area contributed by atoms with Gasteiger partial charge in [0.05, 0.1) is 12.2 Å². The minimum atomic E-state index is -0.891. The maximum atomic E-state index is 13.5. The van der Waals surface area contributed by atoms with Gasteiger partial charge < -0.3 is 15.4 Å². The first-order valence-electron chi connectivity index (χ1n) is 7.61. The van der Waals surface area contributed by atoms with E-state index in [1.807, 2.05) is 0 Å². The van der Waals surface area contributed by atoms with Crippen molar-refractivity contribution in [1.82, 2.24) is 5.32 Å². The van der Waals surface area contributed by atoms with Gasteiger partial charge in [-0.1, -0.05) is 18.2 Å². The fourth-order valence-corrected chi connectivity index (χ4v) is 1.99. The van der Waals surface area contributed by atoms with E-state index in [1.54, 1.807) is 13.0 Å². The van der Waals surface area contributed by atoms with Crippen molar-refractivity contribution < 1.29 is 23.5 Å². The molecule has 0 aromatic heterocycles. The summed E-state index contributed by atoms with van der Waals surface area (Å²) in [7, 11) is 0. The van der Waals surface area contributed by atoms with E-state index in [-0.39, 0.29) is 18.7 Å².